The van der Waals surface area contributed by atoms with Crippen molar-refractivity contribution in [3.63, 3.8) is 0 Å². The minimum Gasteiger partial charge on any atom is -0.481 e. The molecule has 128 valence electrons. The lowest BCUT2D eigenvalue weighted by atomic mass is 10.0. The molecule has 0 fully saturated rings. The number of aliphatic carboxylic acids is 1. The van der Waals surface area contributed by atoms with E-state index in [4.69, 9.17) is 5.11 Å². The van der Waals surface area contributed by atoms with E-state index in [0.29, 0.717) is 6.42 Å². The molecule has 0 atom stereocenters. The summed E-state index contributed by atoms with van der Waals surface area (Å²) in [5, 5.41) is 8.49. The Kier molecular flexibility index (Phi) is 29.0. The monoisotopic (exact) mass is 302 g/mol. The highest BCUT2D eigenvalue weighted by molar-refractivity contribution is 5.66. The van der Waals surface area contributed by atoms with Gasteiger partial charge in [-0.15, -0.1) is 13.2 Å². The first-order valence-corrected chi connectivity index (χ1v) is 8.49. The van der Waals surface area contributed by atoms with Crippen molar-refractivity contribution < 1.29 is 15.4 Å². The molecule has 0 bridgehead atoms. The standard InChI is InChI=1S/C16H32O2.C2H4.H2O/c1-2-3-4-5-6-7-8-9-10-11-12-13-14-15-16(17)18;1-2;/h2-15H2,1H3,(H,17,18);1-2H2;1H2. The van der Waals surface area contributed by atoms with Crippen molar-refractivity contribution in [1.29, 1.82) is 0 Å². The second kappa shape index (κ2) is 24.2. The molecule has 0 aliphatic heterocycles. The molecular formula is C18H38O3. The van der Waals surface area contributed by atoms with Gasteiger partial charge in [-0.3, -0.25) is 4.79 Å². The van der Waals surface area contributed by atoms with E-state index in [1.165, 1.54) is 70.6 Å². The quantitative estimate of drug-likeness (QED) is 0.338. The summed E-state index contributed by atoms with van der Waals surface area (Å²) in [6, 6.07) is 0. The smallest absolute Gasteiger partial charge is 0.303 e. The molecule has 0 aliphatic carbocycles. The molecule has 0 aliphatic rings. The molecule has 0 aromatic rings. The second-order valence-corrected chi connectivity index (χ2v) is 5.39. The Bertz CT molecular complexity index is 193. The van der Waals surface area contributed by atoms with Crippen LogP contribution in [0, 0.1) is 0 Å². The Morgan fingerprint density at radius 2 is 1.00 bits per heavy atom. The van der Waals surface area contributed by atoms with Crippen LogP contribution in [0.2, 0.25) is 0 Å². The van der Waals surface area contributed by atoms with Gasteiger partial charge in [0.2, 0.25) is 0 Å². The van der Waals surface area contributed by atoms with Gasteiger partial charge in [0.25, 0.3) is 0 Å². The molecule has 3 N–H and O–H groups in total. The minimum absolute atomic E-state index is 0. The summed E-state index contributed by atoms with van der Waals surface area (Å²) in [5.74, 6) is -0.655. The number of rotatable bonds is 14. The lowest BCUT2D eigenvalue weighted by molar-refractivity contribution is -0.137. The van der Waals surface area contributed by atoms with Crippen LogP contribution in [-0.2, 0) is 4.79 Å². The SMILES string of the molecule is C=C.CCCCCCCCCCCCCCCC(=O)O.O. The van der Waals surface area contributed by atoms with Crippen LogP contribution >= 0.6 is 0 Å². The van der Waals surface area contributed by atoms with Gasteiger partial charge in [0, 0.05) is 6.42 Å². The third-order valence-electron chi connectivity index (χ3n) is 3.49. The molecule has 0 aromatic carbocycles. The van der Waals surface area contributed by atoms with E-state index < -0.39 is 5.97 Å². The van der Waals surface area contributed by atoms with Gasteiger partial charge in [-0.1, -0.05) is 84.0 Å². The lowest BCUT2D eigenvalue weighted by Crippen LogP contribution is -1.93. The fraction of sp³-hybridized carbons (Fsp3) is 0.833. The van der Waals surface area contributed by atoms with E-state index in [1.54, 1.807) is 0 Å². The molecule has 0 unspecified atom stereocenters. The molecule has 0 amide bonds. The van der Waals surface area contributed by atoms with Crippen molar-refractivity contribution in [2.24, 2.45) is 0 Å². The van der Waals surface area contributed by atoms with Crippen LogP contribution in [0.15, 0.2) is 13.2 Å². The number of hydrogen-bond donors (Lipinski definition) is 1. The molecule has 0 spiro atoms. The van der Waals surface area contributed by atoms with Gasteiger partial charge in [0.15, 0.2) is 0 Å². The Hall–Kier alpha value is -0.830. The molecular weight excluding hydrogens is 264 g/mol. The largest absolute Gasteiger partial charge is 0.481 e. The van der Waals surface area contributed by atoms with Gasteiger partial charge in [0.05, 0.1) is 0 Å². The van der Waals surface area contributed by atoms with Crippen LogP contribution in [0.4, 0.5) is 0 Å². The fourth-order valence-corrected chi connectivity index (χ4v) is 2.29. The maximum atomic E-state index is 10.3. The normalized spacial score (nSPS) is 9.38. The van der Waals surface area contributed by atoms with E-state index in [0.717, 1.165) is 12.8 Å². The molecule has 0 radical (unpaired) electrons. The predicted molar refractivity (Wildman–Crippen MR) is 92.8 cm³/mol. The highest BCUT2D eigenvalue weighted by Gasteiger charge is 1.96. The summed E-state index contributed by atoms with van der Waals surface area (Å²) >= 11 is 0. The van der Waals surface area contributed by atoms with Crippen molar-refractivity contribution in [2.45, 2.75) is 96.8 Å². The van der Waals surface area contributed by atoms with E-state index in [9.17, 15) is 4.79 Å². The first-order chi connectivity index (χ1) is 9.77. The molecule has 21 heavy (non-hydrogen) atoms. The first kappa shape index (κ1) is 25.1. The summed E-state index contributed by atoms with van der Waals surface area (Å²) in [5.41, 5.74) is 0. The van der Waals surface area contributed by atoms with Crippen LogP contribution in [0.5, 0.6) is 0 Å². The summed E-state index contributed by atoms with van der Waals surface area (Å²) in [7, 11) is 0. The van der Waals surface area contributed by atoms with Gasteiger partial charge < -0.3 is 10.6 Å². The van der Waals surface area contributed by atoms with Crippen molar-refractivity contribution in [2.75, 3.05) is 0 Å². The van der Waals surface area contributed by atoms with E-state index >= 15 is 0 Å². The molecule has 3 nitrogen and oxygen atoms in total. The topological polar surface area (TPSA) is 68.8 Å². The third-order valence-corrected chi connectivity index (χ3v) is 3.49. The summed E-state index contributed by atoms with van der Waals surface area (Å²) in [6.45, 7) is 8.26. The van der Waals surface area contributed by atoms with Gasteiger partial charge >= 0.3 is 5.97 Å². The average Bonchev–Trinajstić information content (AvgIpc) is 2.46. The lowest BCUT2D eigenvalue weighted by Gasteiger charge is -2.02. The van der Waals surface area contributed by atoms with Crippen LogP contribution < -0.4 is 0 Å². The van der Waals surface area contributed by atoms with Crippen molar-refractivity contribution in [3.8, 4) is 0 Å². The summed E-state index contributed by atoms with van der Waals surface area (Å²) < 4.78 is 0. The predicted octanol–water partition coefficient (Wildman–Crippen LogP) is 5.53. The zero-order valence-corrected chi connectivity index (χ0v) is 14.2. The van der Waals surface area contributed by atoms with Crippen LogP contribution in [0.3, 0.4) is 0 Å². The summed E-state index contributed by atoms with van der Waals surface area (Å²) in [4.78, 5) is 10.3. The highest BCUT2D eigenvalue weighted by atomic mass is 16.4. The zero-order valence-electron chi connectivity index (χ0n) is 14.2. The number of unbranched alkanes of at least 4 members (excludes halogenated alkanes) is 12. The van der Waals surface area contributed by atoms with Crippen molar-refractivity contribution in [3.05, 3.63) is 13.2 Å². The Balaban J connectivity index is -0.00000103. The minimum atomic E-state index is -0.655. The number of hydrogen-bond acceptors (Lipinski definition) is 1. The molecule has 0 heterocycles. The third kappa shape index (κ3) is 28.1. The first-order valence-electron chi connectivity index (χ1n) is 8.49. The average molecular weight is 302 g/mol. The zero-order chi connectivity index (χ0) is 15.5. The van der Waals surface area contributed by atoms with Crippen LogP contribution in [-0.4, -0.2) is 16.6 Å². The van der Waals surface area contributed by atoms with Crippen LogP contribution in [0.25, 0.3) is 0 Å². The molecule has 0 aromatic heterocycles. The van der Waals surface area contributed by atoms with E-state index in [-0.39, 0.29) is 5.48 Å². The maximum Gasteiger partial charge on any atom is 0.303 e. The molecule has 0 rings (SSSR count). The van der Waals surface area contributed by atoms with E-state index in [1.807, 2.05) is 0 Å². The van der Waals surface area contributed by atoms with Gasteiger partial charge in [0.1, 0.15) is 0 Å². The van der Waals surface area contributed by atoms with Crippen LogP contribution in [0.1, 0.15) is 96.8 Å². The second-order valence-electron chi connectivity index (χ2n) is 5.39. The molecule has 0 saturated heterocycles. The Morgan fingerprint density at radius 1 is 0.714 bits per heavy atom. The molecule has 0 saturated carbocycles. The number of carbonyl (C=O) groups is 1. The van der Waals surface area contributed by atoms with Crippen molar-refractivity contribution >= 4 is 5.97 Å². The van der Waals surface area contributed by atoms with Gasteiger partial charge in [-0.25, -0.2) is 0 Å². The van der Waals surface area contributed by atoms with Gasteiger partial charge in [-0.2, -0.15) is 0 Å². The maximum absolute atomic E-state index is 10.3. The Morgan fingerprint density at radius 3 is 1.29 bits per heavy atom. The molecule has 3 heteroatoms. The van der Waals surface area contributed by atoms with Gasteiger partial charge in [-0.05, 0) is 6.42 Å². The number of carboxylic acids is 1. The number of carboxylic acid groups (broad SMARTS) is 1. The van der Waals surface area contributed by atoms with E-state index in [2.05, 4.69) is 20.1 Å². The van der Waals surface area contributed by atoms with Crippen molar-refractivity contribution in [1.82, 2.24) is 0 Å². The highest BCUT2D eigenvalue weighted by Crippen LogP contribution is 2.12. The Labute approximate surface area is 132 Å². The fourth-order valence-electron chi connectivity index (χ4n) is 2.29. The summed E-state index contributed by atoms with van der Waals surface area (Å²) in [6.07, 6.45) is 17.3.